The first-order valence-corrected chi connectivity index (χ1v) is 8.87. The summed E-state index contributed by atoms with van der Waals surface area (Å²) >= 11 is 0. The first kappa shape index (κ1) is 17.7. The van der Waals surface area contributed by atoms with Gasteiger partial charge in [0.25, 0.3) is 0 Å². The largest absolute Gasteiger partial charge is 0.504 e. The number of aromatic hydroxyl groups is 1. The highest BCUT2D eigenvalue weighted by atomic mass is 16.5. The molecule has 0 aliphatic rings. The van der Waals surface area contributed by atoms with Crippen LogP contribution >= 0.6 is 0 Å². The number of benzene rings is 3. The van der Waals surface area contributed by atoms with Crippen LogP contribution in [0.5, 0.6) is 17.2 Å². The van der Waals surface area contributed by atoms with Crippen LogP contribution < -0.4 is 9.47 Å². The molecule has 4 rings (SSSR count). The predicted octanol–water partition coefficient (Wildman–Crippen LogP) is 5.13. The van der Waals surface area contributed by atoms with Crippen LogP contribution in [-0.4, -0.2) is 29.3 Å². The molecular weight excluding hydrogens is 352 g/mol. The lowest BCUT2D eigenvalue weighted by Crippen LogP contribution is -1.86. The quantitative estimate of drug-likeness (QED) is 0.509. The van der Waals surface area contributed by atoms with Gasteiger partial charge >= 0.3 is 0 Å². The Hall–Kier alpha value is -3.73. The molecule has 4 aromatic rings. The number of imidazole rings is 1. The molecule has 0 unspecified atom stereocenters. The van der Waals surface area contributed by atoms with Crippen molar-refractivity contribution in [1.82, 2.24) is 9.97 Å². The van der Waals surface area contributed by atoms with Crippen LogP contribution in [0.3, 0.4) is 0 Å². The van der Waals surface area contributed by atoms with E-state index in [1.165, 1.54) is 7.11 Å². The highest BCUT2D eigenvalue weighted by molar-refractivity contribution is 5.81. The van der Waals surface area contributed by atoms with E-state index in [1.807, 2.05) is 60.7 Å². The third kappa shape index (κ3) is 3.30. The molecular formula is C23H20N2O3. The van der Waals surface area contributed by atoms with E-state index in [0.29, 0.717) is 11.6 Å². The van der Waals surface area contributed by atoms with Crippen LogP contribution in [0.25, 0.3) is 33.9 Å². The molecule has 5 heteroatoms. The number of hydrogen-bond acceptors (Lipinski definition) is 4. The summed E-state index contributed by atoms with van der Waals surface area (Å²) in [7, 11) is 3.17. The van der Waals surface area contributed by atoms with Crippen LogP contribution in [0, 0.1) is 0 Å². The Kier molecular flexibility index (Phi) is 4.72. The van der Waals surface area contributed by atoms with Gasteiger partial charge in [-0.1, -0.05) is 30.3 Å². The molecule has 1 aromatic heterocycles. The summed E-state index contributed by atoms with van der Waals surface area (Å²) in [6, 6.07) is 23.1. The van der Waals surface area contributed by atoms with Crippen molar-refractivity contribution in [2.75, 3.05) is 14.2 Å². The second-order valence-electron chi connectivity index (χ2n) is 6.29. The summed E-state index contributed by atoms with van der Waals surface area (Å²) in [5.74, 6) is 1.96. The Bertz CT molecular complexity index is 1090. The van der Waals surface area contributed by atoms with Gasteiger partial charge in [0, 0.05) is 16.7 Å². The highest BCUT2D eigenvalue weighted by Crippen LogP contribution is 2.36. The molecule has 5 nitrogen and oxygen atoms in total. The summed E-state index contributed by atoms with van der Waals surface area (Å²) in [4.78, 5) is 8.24. The molecule has 2 N–H and O–H groups in total. The summed E-state index contributed by atoms with van der Waals surface area (Å²) in [5, 5.41) is 10.1. The Morgan fingerprint density at radius 3 is 2.14 bits per heavy atom. The summed E-state index contributed by atoms with van der Waals surface area (Å²) in [6.07, 6.45) is 0. The minimum absolute atomic E-state index is 0.0728. The van der Waals surface area contributed by atoms with E-state index in [1.54, 1.807) is 19.2 Å². The lowest BCUT2D eigenvalue weighted by Gasteiger charge is -2.05. The third-order valence-electron chi connectivity index (χ3n) is 4.58. The Balaban J connectivity index is 1.85. The van der Waals surface area contributed by atoms with Crippen molar-refractivity contribution in [3.05, 3.63) is 72.8 Å². The second-order valence-corrected chi connectivity index (χ2v) is 6.29. The smallest absolute Gasteiger partial charge is 0.160 e. The third-order valence-corrected chi connectivity index (χ3v) is 4.58. The lowest BCUT2D eigenvalue weighted by molar-refractivity contribution is 0.373. The van der Waals surface area contributed by atoms with E-state index in [2.05, 4.69) is 4.98 Å². The lowest BCUT2D eigenvalue weighted by atomic mass is 10.1. The fourth-order valence-corrected chi connectivity index (χ4v) is 3.12. The molecule has 0 saturated carbocycles. The fraction of sp³-hybridized carbons (Fsp3) is 0.0870. The molecule has 3 aromatic carbocycles. The van der Waals surface area contributed by atoms with E-state index in [-0.39, 0.29) is 5.75 Å². The Labute approximate surface area is 163 Å². The van der Waals surface area contributed by atoms with E-state index in [4.69, 9.17) is 14.5 Å². The van der Waals surface area contributed by atoms with Crippen LogP contribution in [0.1, 0.15) is 0 Å². The minimum Gasteiger partial charge on any atom is -0.504 e. The predicted molar refractivity (Wildman–Crippen MR) is 110 cm³/mol. The van der Waals surface area contributed by atoms with Crippen LogP contribution in [0.4, 0.5) is 0 Å². The van der Waals surface area contributed by atoms with Crippen molar-refractivity contribution in [2.45, 2.75) is 0 Å². The second kappa shape index (κ2) is 7.48. The molecule has 140 valence electrons. The van der Waals surface area contributed by atoms with Crippen molar-refractivity contribution in [3.8, 4) is 51.2 Å². The molecule has 28 heavy (non-hydrogen) atoms. The first-order chi connectivity index (χ1) is 13.7. The summed E-state index contributed by atoms with van der Waals surface area (Å²) in [6.45, 7) is 0. The number of ether oxygens (including phenoxy) is 2. The van der Waals surface area contributed by atoms with Crippen molar-refractivity contribution < 1.29 is 14.6 Å². The molecule has 0 aliphatic heterocycles. The highest BCUT2D eigenvalue weighted by Gasteiger charge is 2.16. The van der Waals surface area contributed by atoms with Crippen molar-refractivity contribution >= 4 is 0 Å². The van der Waals surface area contributed by atoms with Gasteiger partial charge in [0.15, 0.2) is 11.5 Å². The van der Waals surface area contributed by atoms with Gasteiger partial charge in [-0.15, -0.1) is 0 Å². The van der Waals surface area contributed by atoms with Gasteiger partial charge in [-0.25, -0.2) is 4.98 Å². The normalized spacial score (nSPS) is 10.6. The molecule has 0 atom stereocenters. The monoisotopic (exact) mass is 372 g/mol. The number of H-pyrrole nitrogens is 1. The van der Waals surface area contributed by atoms with Gasteiger partial charge in [0.1, 0.15) is 11.6 Å². The van der Waals surface area contributed by atoms with E-state index in [9.17, 15) is 5.11 Å². The summed E-state index contributed by atoms with van der Waals surface area (Å²) < 4.78 is 10.4. The molecule has 0 fully saturated rings. The number of nitrogens with zero attached hydrogens (tertiary/aromatic N) is 1. The van der Waals surface area contributed by atoms with Gasteiger partial charge in [0.05, 0.1) is 25.6 Å². The number of nitrogens with one attached hydrogen (secondary N) is 1. The van der Waals surface area contributed by atoms with Crippen LogP contribution in [0.2, 0.25) is 0 Å². The zero-order valence-corrected chi connectivity index (χ0v) is 15.6. The number of methoxy groups -OCH3 is 2. The first-order valence-electron chi connectivity index (χ1n) is 8.87. The fourth-order valence-electron chi connectivity index (χ4n) is 3.12. The number of aromatic amines is 1. The number of phenols is 1. The maximum Gasteiger partial charge on any atom is 0.160 e. The van der Waals surface area contributed by atoms with Crippen LogP contribution in [-0.2, 0) is 0 Å². The van der Waals surface area contributed by atoms with Gasteiger partial charge in [-0.2, -0.15) is 0 Å². The van der Waals surface area contributed by atoms with E-state index >= 15 is 0 Å². The Morgan fingerprint density at radius 2 is 1.50 bits per heavy atom. The number of rotatable bonds is 5. The number of phenolic OH excluding ortho intramolecular Hbond substituents is 1. The topological polar surface area (TPSA) is 67.4 Å². The average molecular weight is 372 g/mol. The Morgan fingerprint density at radius 1 is 0.786 bits per heavy atom. The number of hydrogen-bond donors (Lipinski definition) is 2. The SMILES string of the molecule is COc1ccc(-c2[nH]c(-c3ccc(OC)c(O)c3)nc2-c2ccccc2)cc1. The standard InChI is InChI=1S/C23H20N2O3/c1-27-18-11-8-16(9-12-18)22-21(15-6-4-3-5-7-15)24-23(25-22)17-10-13-20(28-2)19(26)14-17/h3-14,26H,1-2H3,(H,24,25). The van der Waals surface area contributed by atoms with Gasteiger partial charge < -0.3 is 19.6 Å². The zero-order chi connectivity index (χ0) is 19.5. The maximum absolute atomic E-state index is 10.1. The van der Waals surface area contributed by atoms with Gasteiger partial charge in [0.2, 0.25) is 0 Å². The molecule has 0 radical (unpaired) electrons. The molecule has 0 amide bonds. The summed E-state index contributed by atoms with van der Waals surface area (Å²) in [5.41, 5.74) is 4.52. The molecule has 0 aliphatic carbocycles. The van der Waals surface area contributed by atoms with Gasteiger partial charge in [-0.05, 0) is 42.5 Å². The van der Waals surface area contributed by atoms with Crippen molar-refractivity contribution in [2.24, 2.45) is 0 Å². The minimum atomic E-state index is 0.0728. The molecule has 0 spiro atoms. The van der Waals surface area contributed by atoms with Gasteiger partial charge in [-0.3, -0.25) is 0 Å². The maximum atomic E-state index is 10.1. The van der Waals surface area contributed by atoms with E-state index in [0.717, 1.165) is 33.8 Å². The average Bonchev–Trinajstić information content (AvgIpc) is 3.20. The van der Waals surface area contributed by atoms with E-state index < -0.39 is 0 Å². The number of aromatic nitrogens is 2. The molecule has 0 bridgehead atoms. The zero-order valence-electron chi connectivity index (χ0n) is 15.6. The molecule has 1 heterocycles. The van der Waals surface area contributed by atoms with Crippen LogP contribution in [0.15, 0.2) is 72.8 Å². The van der Waals surface area contributed by atoms with Crippen molar-refractivity contribution in [1.29, 1.82) is 0 Å². The molecule has 0 saturated heterocycles. The van der Waals surface area contributed by atoms with Crippen molar-refractivity contribution in [3.63, 3.8) is 0 Å².